The average molecular weight is 236 g/mol. The first-order chi connectivity index (χ1) is 7.86. The Hall–Kier alpha value is -1.65. The predicted molar refractivity (Wildman–Crippen MR) is 62.7 cm³/mol. The van der Waals surface area contributed by atoms with Crippen LogP contribution in [0.2, 0.25) is 0 Å². The van der Waals surface area contributed by atoms with Crippen molar-refractivity contribution in [3.05, 3.63) is 11.1 Å². The van der Waals surface area contributed by atoms with Crippen LogP contribution in [0.1, 0.15) is 33.6 Å². The molecule has 1 aliphatic heterocycles. The molecule has 2 rings (SSSR count). The van der Waals surface area contributed by atoms with Gasteiger partial charge in [0.25, 0.3) is 5.91 Å². The fourth-order valence-corrected chi connectivity index (χ4v) is 1.98. The smallest absolute Gasteiger partial charge is 0.331 e. The third kappa shape index (κ3) is 1.85. The normalized spacial score (nSPS) is 29.6. The van der Waals surface area contributed by atoms with E-state index in [2.05, 4.69) is 10.3 Å². The zero-order valence-electron chi connectivity index (χ0n) is 10.2. The van der Waals surface area contributed by atoms with Crippen molar-refractivity contribution in [1.82, 2.24) is 5.32 Å². The van der Waals surface area contributed by atoms with Gasteiger partial charge >= 0.3 is 5.97 Å². The molecule has 1 unspecified atom stereocenters. The molecule has 1 heterocycles. The molecular formula is C12H16N2O3. The van der Waals surface area contributed by atoms with Gasteiger partial charge in [0.1, 0.15) is 11.4 Å². The number of aliphatic imine (C=N–C) groups is 1. The highest BCUT2D eigenvalue weighted by Crippen LogP contribution is 2.43. The van der Waals surface area contributed by atoms with Crippen molar-refractivity contribution in [3.63, 3.8) is 0 Å². The molecule has 1 saturated carbocycles. The Balaban J connectivity index is 2.33. The van der Waals surface area contributed by atoms with E-state index in [-0.39, 0.29) is 11.5 Å². The second-order valence-electron chi connectivity index (χ2n) is 4.89. The Labute approximate surface area is 99.6 Å². The summed E-state index contributed by atoms with van der Waals surface area (Å²) in [5.41, 5.74) is 0.0365. The zero-order chi connectivity index (χ0) is 12.8. The third-order valence-electron chi connectivity index (χ3n) is 3.65. The van der Waals surface area contributed by atoms with Gasteiger partial charge in [-0.3, -0.25) is 9.79 Å². The van der Waals surface area contributed by atoms with Crippen molar-refractivity contribution in [2.75, 3.05) is 0 Å². The number of carbonyl (C=O) groups is 2. The minimum Gasteiger partial charge on any atom is -0.478 e. The standard InChI is InChI=1S/C12H16N2O3/c1-6(7(2)10(15)16)9-13-11(17)12(3,14-9)8-4-5-8/h8H,4-5H2,1-3H3,(H,15,16)(H,13,14,17). The first-order valence-corrected chi connectivity index (χ1v) is 5.68. The summed E-state index contributed by atoms with van der Waals surface area (Å²) in [5, 5.41) is 11.6. The lowest BCUT2D eigenvalue weighted by Crippen LogP contribution is -2.39. The van der Waals surface area contributed by atoms with Gasteiger partial charge in [-0.2, -0.15) is 0 Å². The molecule has 0 bridgehead atoms. The van der Waals surface area contributed by atoms with Gasteiger partial charge in [-0.25, -0.2) is 4.79 Å². The molecule has 0 saturated heterocycles. The monoisotopic (exact) mass is 236 g/mol. The van der Waals surface area contributed by atoms with Crippen LogP contribution in [0, 0.1) is 5.92 Å². The Morgan fingerprint density at radius 2 is 2.06 bits per heavy atom. The minimum absolute atomic E-state index is 0.118. The number of amides is 1. The fraction of sp³-hybridized carbons (Fsp3) is 0.583. The average Bonchev–Trinajstić information content (AvgIpc) is 3.06. The van der Waals surface area contributed by atoms with Crippen LogP contribution in [0.15, 0.2) is 16.1 Å². The zero-order valence-corrected chi connectivity index (χ0v) is 10.2. The lowest BCUT2D eigenvalue weighted by Gasteiger charge is -2.15. The Morgan fingerprint density at radius 3 is 2.53 bits per heavy atom. The lowest BCUT2D eigenvalue weighted by molar-refractivity contribution is -0.132. The van der Waals surface area contributed by atoms with Gasteiger partial charge in [-0.1, -0.05) is 0 Å². The molecule has 5 heteroatoms. The molecule has 2 N–H and O–H groups in total. The summed E-state index contributed by atoms with van der Waals surface area (Å²) in [6.07, 6.45) is 2.03. The quantitative estimate of drug-likeness (QED) is 0.720. The second kappa shape index (κ2) is 3.68. The van der Waals surface area contributed by atoms with Crippen molar-refractivity contribution < 1.29 is 14.7 Å². The van der Waals surface area contributed by atoms with Crippen LogP contribution in [0.5, 0.6) is 0 Å². The SMILES string of the molecule is CC(C(=O)O)=C(C)C1=NC(C)(C2CC2)C(=O)N1. The van der Waals surface area contributed by atoms with Gasteiger partial charge in [0.15, 0.2) is 0 Å². The van der Waals surface area contributed by atoms with Crippen LogP contribution in [0.4, 0.5) is 0 Å². The van der Waals surface area contributed by atoms with E-state index < -0.39 is 11.5 Å². The highest BCUT2D eigenvalue weighted by atomic mass is 16.4. The number of carboxylic acid groups (broad SMARTS) is 1. The van der Waals surface area contributed by atoms with Gasteiger partial charge < -0.3 is 10.4 Å². The molecule has 17 heavy (non-hydrogen) atoms. The van der Waals surface area contributed by atoms with E-state index >= 15 is 0 Å². The number of hydrogen-bond donors (Lipinski definition) is 2. The maximum Gasteiger partial charge on any atom is 0.331 e. The first kappa shape index (κ1) is 11.8. The predicted octanol–water partition coefficient (Wildman–Crippen LogP) is 1.10. The van der Waals surface area contributed by atoms with E-state index in [1.165, 1.54) is 6.92 Å². The molecule has 92 valence electrons. The molecule has 0 aromatic carbocycles. The van der Waals surface area contributed by atoms with Crippen LogP contribution < -0.4 is 5.32 Å². The number of nitrogens with zero attached hydrogens (tertiary/aromatic N) is 1. The number of carbonyl (C=O) groups excluding carboxylic acids is 1. The highest BCUT2D eigenvalue weighted by molar-refractivity contribution is 6.17. The van der Waals surface area contributed by atoms with Crippen molar-refractivity contribution in [2.24, 2.45) is 10.9 Å². The van der Waals surface area contributed by atoms with Crippen LogP contribution in [0.25, 0.3) is 0 Å². The molecule has 0 aromatic heterocycles. The number of hydrogen-bond acceptors (Lipinski definition) is 3. The van der Waals surface area contributed by atoms with E-state index in [0.717, 1.165) is 12.8 Å². The van der Waals surface area contributed by atoms with Crippen molar-refractivity contribution >= 4 is 17.7 Å². The van der Waals surface area contributed by atoms with Gasteiger partial charge in [-0.05, 0) is 39.5 Å². The van der Waals surface area contributed by atoms with E-state index in [1.807, 2.05) is 6.92 Å². The summed E-state index contributed by atoms with van der Waals surface area (Å²) >= 11 is 0. The highest BCUT2D eigenvalue weighted by Gasteiger charge is 2.50. The van der Waals surface area contributed by atoms with Gasteiger partial charge in [0.05, 0.1) is 0 Å². The maximum absolute atomic E-state index is 11.9. The molecule has 0 radical (unpaired) electrons. The number of rotatable bonds is 3. The lowest BCUT2D eigenvalue weighted by atomic mass is 9.97. The molecule has 0 spiro atoms. The summed E-state index contributed by atoms with van der Waals surface area (Å²) in [7, 11) is 0. The molecule has 1 fully saturated rings. The van der Waals surface area contributed by atoms with Crippen LogP contribution in [-0.2, 0) is 9.59 Å². The Bertz CT molecular complexity index is 460. The van der Waals surface area contributed by atoms with Crippen molar-refractivity contribution in [1.29, 1.82) is 0 Å². The second-order valence-corrected chi connectivity index (χ2v) is 4.89. The minimum atomic E-state index is -0.987. The summed E-state index contributed by atoms with van der Waals surface area (Å²) in [4.78, 5) is 27.2. The number of aliphatic carboxylic acids is 1. The van der Waals surface area contributed by atoms with Crippen molar-refractivity contribution in [2.45, 2.75) is 39.2 Å². The molecule has 2 aliphatic rings. The van der Waals surface area contributed by atoms with E-state index in [0.29, 0.717) is 17.3 Å². The van der Waals surface area contributed by atoms with Crippen LogP contribution in [-0.4, -0.2) is 28.4 Å². The Morgan fingerprint density at radius 1 is 1.47 bits per heavy atom. The molecule has 1 atom stereocenters. The molecule has 0 aromatic rings. The molecule has 1 aliphatic carbocycles. The number of nitrogens with one attached hydrogen (secondary N) is 1. The van der Waals surface area contributed by atoms with E-state index in [4.69, 9.17) is 5.11 Å². The van der Waals surface area contributed by atoms with Gasteiger partial charge in [0, 0.05) is 11.1 Å². The maximum atomic E-state index is 11.9. The van der Waals surface area contributed by atoms with Crippen LogP contribution >= 0.6 is 0 Å². The fourth-order valence-electron chi connectivity index (χ4n) is 1.98. The summed E-state index contributed by atoms with van der Waals surface area (Å²) < 4.78 is 0. The summed E-state index contributed by atoms with van der Waals surface area (Å²) in [5.74, 6) is -0.394. The van der Waals surface area contributed by atoms with Gasteiger partial charge in [-0.15, -0.1) is 0 Å². The molecule has 5 nitrogen and oxygen atoms in total. The summed E-state index contributed by atoms with van der Waals surface area (Å²) in [6.45, 7) is 5.00. The number of carboxylic acids is 1. The molecule has 1 amide bonds. The summed E-state index contributed by atoms with van der Waals surface area (Å²) in [6, 6.07) is 0. The van der Waals surface area contributed by atoms with E-state index in [9.17, 15) is 9.59 Å². The number of amidine groups is 1. The third-order valence-corrected chi connectivity index (χ3v) is 3.65. The van der Waals surface area contributed by atoms with Crippen molar-refractivity contribution in [3.8, 4) is 0 Å². The topological polar surface area (TPSA) is 78.8 Å². The van der Waals surface area contributed by atoms with Gasteiger partial charge in [0.2, 0.25) is 0 Å². The van der Waals surface area contributed by atoms with Crippen LogP contribution in [0.3, 0.4) is 0 Å². The first-order valence-electron chi connectivity index (χ1n) is 5.68. The largest absolute Gasteiger partial charge is 0.478 e. The Kier molecular flexibility index (Phi) is 2.56. The molecular weight excluding hydrogens is 220 g/mol. The van der Waals surface area contributed by atoms with E-state index in [1.54, 1.807) is 6.92 Å².